The normalized spacial score (nSPS) is 20.6. The Bertz CT molecular complexity index is 409. The first-order valence-electron chi connectivity index (χ1n) is 5.12. The van der Waals surface area contributed by atoms with Gasteiger partial charge in [0, 0.05) is 23.1 Å². The molecule has 86 valence electrons. The lowest BCUT2D eigenvalue weighted by molar-refractivity contribution is -0.124. The molecule has 0 spiro atoms. The lowest BCUT2D eigenvalue weighted by Gasteiger charge is -2.23. The quantitative estimate of drug-likeness (QED) is 0.847. The lowest BCUT2D eigenvalue weighted by atomic mass is 10.0. The van der Waals surface area contributed by atoms with E-state index >= 15 is 0 Å². The fourth-order valence-corrected chi connectivity index (χ4v) is 2.21. The molecule has 1 fully saturated rings. The number of hydrogen-bond acceptors (Lipinski definition) is 2. The molecule has 0 radical (unpaired) electrons. The number of rotatable bonds is 2. The predicted molar refractivity (Wildman–Crippen MR) is 65.0 cm³/mol. The Balaban J connectivity index is 2.10. The van der Waals surface area contributed by atoms with Gasteiger partial charge in [-0.25, -0.2) is 0 Å². The van der Waals surface area contributed by atoms with Gasteiger partial charge in [-0.05, 0) is 24.1 Å². The van der Waals surface area contributed by atoms with Crippen LogP contribution in [-0.2, 0) is 11.2 Å². The number of benzene rings is 1. The van der Waals surface area contributed by atoms with Crippen LogP contribution in [-0.4, -0.2) is 25.0 Å². The number of amides is 1. The summed E-state index contributed by atoms with van der Waals surface area (Å²) in [5.74, 6) is 0.0252. The van der Waals surface area contributed by atoms with E-state index in [1.807, 2.05) is 6.07 Å². The number of carbonyl (C=O) groups is 1. The van der Waals surface area contributed by atoms with E-state index in [-0.39, 0.29) is 11.9 Å². The molecule has 2 rings (SSSR count). The van der Waals surface area contributed by atoms with Gasteiger partial charge in [0.05, 0.1) is 6.04 Å². The van der Waals surface area contributed by atoms with Crippen molar-refractivity contribution in [3.8, 4) is 0 Å². The van der Waals surface area contributed by atoms with Gasteiger partial charge in [-0.2, -0.15) is 0 Å². The number of piperazine rings is 1. The minimum Gasteiger partial charge on any atom is -0.353 e. The van der Waals surface area contributed by atoms with Crippen molar-refractivity contribution in [2.75, 3.05) is 13.1 Å². The van der Waals surface area contributed by atoms with Gasteiger partial charge in [-0.15, -0.1) is 0 Å². The molecule has 3 nitrogen and oxygen atoms in total. The van der Waals surface area contributed by atoms with E-state index < -0.39 is 0 Å². The average Bonchev–Trinajstić information content (AvgIpc) is 2.25. The Kier molecular flexibility index (Phi) is 3.69. The minimum absolute atomic E-state index is 0.0252. The fraction of sp³-hybridized carbons (Fsp3) is 0.364. The summed E-state index contributed by atoms with van der Waals surface area (Å²) in [5.41, 5.74) is 0.931. The number of hydrogen-bond donors (Lipinski definition) is 2. The standard InChI is InChI=1S/C11H12Cl2N2O/c12-8-2-1-7(9(13)6-8)5-10-11(16)15-4-3-14-10/h1-2,6,10,14H,3-5H2,(H,15,16). The molecule has 16 heavy (non-hydrogen) atoms. The van der Waals surface area contributed by atoms with Gasteiger partial charge in [0.2, 0.25) is 5.91 Å². The zero-order chi connectivity index (χ0) is 11.5. The van der Waals surface area contributed by atoms with Gasteiger partial charge in [-0.3, -0.25) is 4.79 Å². The lowest BCUT2D eigenvalue weighted by Crippen LogP contribution is -2.53. The molecular formula is C11H12Cl2N2O. The number of nitrogens with one attached hydrogen (secondary N) is 2. The molecule has 0 aromatic heterocycles. The topological polar surface area (TPSA) is 41.1 Å². The van der Waals surface area contributed by atoms with Crippen molar-refractivity contribution in [2.24, 2.45) is 0 Å². The van der Waals surface area contributed by atoms with Crippen molar-refractivity contribution in [3.63, 3.8) is 0 Å². The first kappa shape index (κ1) is 11.7. The molecule has 0 aliphatic carbocycles. The summed E-state index contributed by atoms with van der Waals surface area (Å²) in [6.07, 6.45) is 0.585. The summed E-state index contributed by atoms with van der Waals surface area (Å²) < 4.78 is 0. The SMILES string of the molecule is O=C1NCCNC1Cc1ccc(Cl)cc1Cl. The Morgan fingerprint density at radius 3 is 2.81 bits per heavy atom. The van der Waals surface area contributed by atoms with Crippen LogP contribution in [0, 0.1) is 0 Å². The van der Waals surface area contributed by atoms with Crippen molar-refractivity contribution in [3.05, 3.63) is 33.8 Å². The van der Waals surface area contributed by atoms with Gasteiger partial charge >= 0.3 is 0 Å². The molecule has 1 aliphatic heterocycles. The van der Waals surface area contributed by atoms with Crippen molar-refractivity contribution in [1.82, 2.24) is 10.6 Å². The highest BCUT2D eigenvalue weighted by Gasteiger charge is 2.22. The molecule has 1 aromatic carbocycles. The van der Waals surface area contributed by atoms with Gasteiger partial charge in [0.1, 0.15) is 0 Å². The maximum Gasteiger partial charge on any atom is 0.237 e. The fourth-order valence-electron chi connectivity index (χ4n) is 1.72. The van der Waals surface area contributed by atoms with E-state index in [2.05, 4.69) is 10.6 Å². The molecule has 1 saturated heterocycles. The zero-order valence-electron chi connectivity index (χ0n) is 8.59. The zero-order valence-corrected chi connectivity index (χ0v) is 10.1. The van der Waals surface area contributed by atoms with E-state index in [0.29, 0.717) is 23.0 Å². The molecule has 2 N–H and O–H groups in total. The van der Waals surface area contributed by atoms with Crippen LogP contribution in [0.4, 0.5) is 0 Å². The second-order valence-corrected chi connectivity index (χ2v) is 4.58. The molecular weight excluding hydrogens is 247 g/mol. The average molecular weight is 259 g/mol. The first-order chi connectivity index (χ1) is 7.66. The highest BCUT2D eigenvalue weighted by molar-refractivity contribution is 6.35. The molecule has 1 unspecified atom stereocenters. The van der Waals surface area contributed by atoms with Crippen LogP contribution in [0.25, 0.3) is 0 Å². The van der Waals surface area contributed by atoms with Crippen LogP contribution in [0.3, 0.4) is 0 Å². The Labute approximate surface area is 104 Å². The highest BCUT2D eigenvalue weighted by atomic mass is 35.5. The van der Waals surface area contributed by atoms with Crippen LogP contribution < -0.4 is 10.6 Å². The molecule has 1 heterocycles. The Morgan fingerprint density at radius 2 is 2.12 bits per heavy atom. The summed E-state index contributed by atoms with van der Waals surface area (Å²) in [4.78, 5) is 11.5. The summed E-state index contributed by atoms with van der Waals surface area (Å²) in [7, 11) is 0. The van der Waals surface area contributed by atoms with E-state index in [1.54, 1.807) is 12.1 Å². The summed E-state index contributed by atoms with van der Waals surface area (Å²) in [6.45, 7) is 1.48. The molecule has 1 atom stereocenters. The third kappa shape index (κ3) is 2.67. The first-order valence-corrected chi connectivity index (χ1v) is 5.87. The van der Waals surface area contributed by atoms with Gasteiger partial charge in [-0.1, -0.05) is 29.3 Å². The van der Waals surface area contributed by atoms with E-state index in [1.165, 1.54) is 0 Å². The van der Waals surface area contributed by atoms with Gasteiger partial charge < -0.3 is 10.6 Å². The van der Waals surface area contributed by atoms with Crippen LogP contribution in [0.1, 0.15) is 5.56 Å². The van der Waals surface area contributed by atoms with Crippen molar-refractivity contribution < 1.29 is 4.79 Å². The van der Waals surface area contributed by atoms with Crippen LogP contribution in [0.5, 0.6) is 0 Å². The highest BCUT2D eigenvalue weighted by Crippen LogP contribution is 2.22. The molecule has 1 aliphatic rings. The van der Waals surface area contributed by atoms with Crippen LogP contribution in [0.2, 0.25) is 10.0 Å². The molecule has 1 amide bonds. The molecule has 0 bridgehead atoms. The van der Waals surface area contributed by atoms with Crippen LogP contribution >= 0.6 is 23.2 Å². The van der Waals surface area contributed by atoms with E-state index in [4.69, 9.17) is 23.2 Å². The van der Waals surface area contributed by atoms with E-state index in [9.17, 15) is 4.79 Å². The van der Waals surface area contributed by atoms with Gasteiger partial charge in [0.25, 0.3) is 0 Å². The summed E-state index contributed by atoms with van der Waals surface area (Å²) in [5, 5.41) is 7.18. The molecule has 0 saturated carbocycles. The van der Waals surface area contributed by atoms with Crippen molar-refractivity contribution >= 4 is 29.1 Å². The van der Waals surface area contributed by atoms with Crippen LogP contribution in [0.15, 0.2) is 18.2 Å². The molecule has 5 heteroatoms. The van der Waals surface area contributed by atoms with Crippen molar-refractivity contribution in [2.45, 2.75) is 12.5 Å². The number of carbonyl (C=O) groups excluding carboxylic acids is 1. The maximum absolute atomic E-state index is 11.5. The van der Waals surface area contributed by atoms with E-state index in [0.717, 1.165) is 12.1 Å². The molecule has 1 aromatic rings. The third-order valence-electron chi connectivity index (χ3n) is 2.57. The predicted octanol–water partition coefficient (Wildman–Crippen LogP) is 1.62. The minimum atomic E-state index is -0.201. The Morgan fingerprint density at radius 1 is 1.31 bits per heavy atom. The summed E-state index contributed by atoms with van der Waals surface area (Å²) in [6, 6.07) is 5.13. The largest absolute Gasteiger partial charge is 0.353 e. The van der Waals surface area contributed by atoms with Crippen molar-refractivity contribution in [1.29, 1.82) is 0 Å². The second kappa shape index (κ2) is 5.04. The Hall–Kier alpha value is -0.770. The smallest absolute Gasteiger partial charge is 0.237 e. The second-order valence-electron chi connectivity index (χ2n) is 3.74. The summed E-state index contributed by atoms with van der Waals surface area (Å²) >= 11 is 11.9. The van der Waals surface area contributed by atoms with Gasteiger partial charge in [0.15, 0.2) is 0 Å². The maximum atomic E-state index is 11.5. The number of halogens is 2. The monoisotopic (exact) mass is 258 g/mol. The third-order valence-corrected chi connectivity index (χ3v) is 3.16.